The van der Waals surface area contributed by atoms with Gasteiger partial charge < -0.3 is 16.0 Å². The Kier molecular flexibility index (Phi) is 8.31. The summed E-state index contributed by atoms with van der Waals surface area (Å²) in [5.74, 6) is 0.128. The fourth-order valence-electron chi connectivity index (χ4n) is 2.44. The number of likely N-dealkylation sites (N-methyl/N-ethyl adjacent to an activating group) is 1. The highest BCUT2D eigenvalue weighted by Crippen LogP contribution is 2.19. The van der Waals surface area contributed by atoms with Gasteiger partial charge in [0.25, 0.3) is 0 Å². The SMILES string of the molecule is Cc1ccc(NC(N)=NCC(c2ccc(F)cc2)N(C)C)cc1C.I. The number of nitrogens with two attached hydrogens (primary N) is 1. The molecule has 136 valence electrons. The molecule has 0 amide bonds. The van der Waals surface area contributed by atoms with Crippen LogP contribution in [0.15, 0.2) is 47.5 Å². The molecule has 4 nitrogen and oxygen atoms in total. The number of nitrogens with zero attached hydrogens (tertiary/aromatic N) is 2. The van der Waals surface area contributed by atoms with Crippen LogP contribution in [0.1, 0.15) is 22.7 Å². The molecule has 2 aromatic carbocycles. The van der Waals surface area contributed by atoms with E-state index in [1.165, 1.54) is 23.3 Å². The van der Waals surface area contributed by atoms with E-state index >= 15 is 0 Å². The Hall–Kier alpha value is -1.67. The van der Waals surface area contributed by atoms with Gasteiger partial charge in [0.2, 0.25) is 0 Å². The standard InChI is InChI=1S/C19H25FN4.HI/c1-13-5-10-17(11-14(13)2)23-19(21)22-12-18(24(3)4)15-6-8-16(20)9-7-15;/h5-11,18H,12H2,1-4H3,(H3,21,22,23);1H. The first kappa shape index (κ1) is 21.4. The van der Waals surface area contributed by atoms with Crippen LogP contribution in [0.3, 0.4) is 0 Å². The Labute approximate surface area is 166 Å². The highest BCUT2D eigenvalue weighted by molar-refractivity contribution is 14.0. The molecule has 0 saturated carbocycles. The number of nitrogens with one attached hydrogen (secondary N) is 1. The molecule has 0 aromatic heterocycles. The van der Waals surface area contributed by atoms with Gasteiger partial charge in [0, 0.05) is 5.69 Å². The summed E-state index contributed by atoms with van der Waals surface area (Å²) in [5.41, 5.74) is 10.4. The van der Waals surface area contributed by atoms with Crippen molar-refractivity contribution in [2.45, 2.75) is 19.9 Å². The minimum absolute atomic E-state index is 0. The number of benzene rings is 2. The van der Waals surface area contributed by atoms with Crippen LogP contribution in [0, 0.1) is 19.7 Å². The summed E-state index contributed by atoms with van der Waals surface area (Å²) in [4.78, 5) is 6.48. The van der Waals surface area contributed by atoms with Gasteiger partial charge >= 0.3 is 0 Å². The van der Waals surface area contributed by atoms with Crippen LogP contribution in [0.2, 0.25) is 0 Å². The van der Waals surface area contributed by atoms with Crippen molar-refractivity contribution in [3.63, 3.8) is 0 Å². The van der Waals surface area contributed by atoms with E-state index in [1.54, 1.807) is 12.1 Å². The number of rotatable bonds is 5. The Morgan fingerprint density at radius 3 is 2.32 bits per heavy atom. The molecule has 6 heteroatoms. The molecule has 0 fully saturated rings. The normalized spacial score (nSPS) is 12.6. The van der Waals surface area contributed by atoms with E-state index in [4.69, 9.17) is 5.73 Å². The average molecular weight is 456 g/mol. The first-order valence-electron chi connectivity index (χ1n) is 7.93. The molecule has 0 radical (unpaired) electrons. The monoisotopic (exact) mass is 456 g/mol. The molecule has 0 saturated heterocycles. The van der Waals surface area contributed by atoms with E-state index in [9.17, 15) is 4.39 Å². The van der Waals surface area contributed by atoms with Crippen LogP contribution in [0.25, 0.3) is 0 Å². The minimum atomic E-state index is -0.240. The third-order valence-corrected chi connectivity index (χ3v) is 4.09. The lowest BCUT2D eigenvalue weighted by molar-refractivity contribution is 0.306. The van der Waals surface area contributed by atoms with Crippen molar-refractivity contribution in [2.75, 3.05) is 26.0 Å². The fourth-order valence-corrected chi connectivity index (χ4v) is 2.44. The predicted octanol–water partition coefficient (Wildman–Crippen LogP) is 4.09. The zero-order valence-electron chi connectivity index (χ0n) is 15.1. The van der Waals surface area contributed by atoms with E-state index in [0.29, 0.717) is 12.5 Å². The van der Waals surface area contributed by atoms with E-state index in [2.05, 4.69) is 24.2 Å². The summed E-state index contributed by atoms with van der Waals surface area (Å²) in [5, 5.41) is 3.11. The van der Waals surface area contributed by atoms with Crippen LogP contribution in [-0.2, 0) is 0 Å². The van der Waals surface area contributed by atoms with Crippen molar-refractivity contribution in [3.8, 4) is 0 Å². The maximum atomic E-state index is 13.1. The van der Waals surface area contributed by atoms with Gasteiger partial charge in [-0.25, -0.2) is 4.39 Å². The molecule has 2 rings (SSSR count). The van der Waals surface area contributed by atoms with Crippen LogP contribution in [-0.4, -0.2) is 31.5 Å². The fraction of sp³-hybridized carbons (Fsp3) is 0.316. The Balaban J connectivity index is 0.00000312. The Morgan fingerprint density at radius 2 is 1.76 bits per heavy atom. The van der Waals surface area contributed by atoms with Crippen LogP contribution < -0.4 is 11.1 Å². The lowest BCUT2D eigenvalue weighted by Gasteiger charge is -2.23. The molecule has 0 heterocycles. The first-order valence-corrected chi connectivity index (χ1v) is 7.93. The molecule has 3 N–H and O–H groups in total. The summed E-state index contributed by atoms with van der Waals surface area (Å²) < 4.78 is 13.1. The summed E-state index contributed by atoms with van der Waals surface area (Å²) >= 11 is 0. The zero-order chi connectivity index (χ0) is 17.7. The van der Waals surface area contributed by atoms with Gasteiger partial charge in [-0.3, -0.25) is 4.99 Å². The lowest BCUT2D eigenvalue weighted by Crippen LogP contribution is -2.27. The van der Waals surface area contributed by atoms with E-state index in [1.807, 2.05) is 37.2 Å². The molecular weight excluding hydrogens is 430 g/mol. The van der Waals surface area contributed by atoms with Crippen LogP contribution in [0.4, 0.5) is 10.1 Å². The highest BCUT2D eigenvalue weighted by atomic mass is 127. The second-order valence-corrected chi connectivity index (χ2v) is 6.18. The van der Waals surface area contributed by atoms with Gasteiger partial charge in [-0.1, -0.05) is 18.2 Å². The number of hydrogen-bond donors (Lipinski definition) is 2. The number of halogens is 2. The number of anilines is 1. The van der Waals surface area contributed by atoms with Crippen molar-refractivity contribution in [3.05, 3.63) is 65.0 Å². The molecular formula is C19H26FIN4. The van der Waals surface area contributed by atoms with Crippen LogP contribution in [0.5, 0.6) is 0 Å². The lowest BCUT2D eigenvalue weighted by atomic mass is 10.1. The summed E-state index contributed by atoms with van der Waals surface area (Å²) in [6, 6.07) is 12.6. The van der Waals surface area contributed by atoms with Gasteiger partial charge in [-0.2, -0.15) is 0 Å². The third kappa shape index (κ3) is 6.28. The summed E-state index contributed by atoms with van der Waals surface area (Å²) in [6.07, 6.45) is 0. The maximum Gasteiger partial charge on any atom is 0.193 e. The van der Waals surface area contributed by atoms with Crippen LogP contribution >= 0.6 is 24.0 Å². The van der Waals surface area contributed by atoms with Gasteiger partial charge in [0.15, 0.2) is 5.96 Å². The smallest absolute Gasteiger partial charge is 0.193 e. The van der Waals surface area contributed by atoms with E-state index in [-0.39, 0.29) is 35.8 Å². The first-order chi connectivity index (χ1) is 11.4. The number of aliphatic imine (C=N–C) groups is 1. The van der Waals surface area contributed by atoms with E-state index in [0.717, 1.165) is 11.3 Å². The molecule has 25 heavy (non-hydrogen) atoms. The molecule has 0 aliphatic carbocycles. The molecule has 0 aliphatic rings. The average Bonchev–Trinajstić information content (AvgIpc) is 2.52. The molecule has 0 spiro atoms. The third-order valence-electron chi connectivity index (χ3n) is 4.09. The molecule has 2 aromatic rings. The number of guanidine groups is 1. The van der Waals surface area contributed by atoms with Gasteiger partial charge in [0.1, 0.15) is 5.82 Å². The topological polar surface area (TPSA) is 53.6 Å². The van der Waals surface area contributed by atoms with Gasteiger partial charge in [0.05, 0.1) is 12.6 Å². The van der Waals surface area contributed by atoms with Gasteiger partial charge in [-0.05, 0) is 68.9 Å². The second kappa shape index (κ2) is 9.72. The van der Waals surface area contributed by atoms with Crippen molar-refractivity contribution in [1.82, 2.24) is 4.90 Å². The molecule has 1 unspecified atom stereocenters. The second-order valence-electron chi connectivity index (χ2n) is 6.18. The van der Waals surface area contributed by atoms with Crippen molar-refractivity contribution in [1.29, 1.82) is 0 Å². The van der Waals surface area contributed by atoms with Gasteiger partial charge in [-0.15, -0.1) is 24.0 Å². The largest absolute Gasteiger partial charge is 0.370 e. The highest BCUT2D eigenvalue weighted by Gasteiger charge is 2.13. The molecule has 0 aliphatic heterocycles. The maximum absolute atomic E-state index is 13.1. The number of aryl methyl sites for hydroxylation is 2. The Morgan fingerprint density at radius 1 is 1.12 bits per heavy atom. The molecule has 0 bridgehead atoms. The zero-order valence-corrected chi connectivity index (χ0v) is 17.4. The van der Waals surface area contributed by atoms with Crippen molar-refractivity contribution in [2.24, 2.45) is 10.7 Å². The van der Waals surface area contributed by atoms with E-state index < -0.39 is 0 Å². The van der Waals surface area contributed by atoms with Crippen molar-refractivity contribution >= 4 is 35.6 Å². The Bertz CT molecular complexity index is 714. The van der Waals surface area contributed by atoms with Crippen molar-refractivity contribution < 1.29 is 4.39 Å². The molecule has 1 atom stereocenters. The minimum Gasteiger partial charge on any atom is -0.370 e. The summed E-state index contributed by atoms with van der Waals surface area (Å²) in [7, 11) is 3.94. The quantitative estimate of drug-likeness (QED) is 0.405. The summed E-state index contributed by atoms with van der Waals surface area (Å²) in [6.45, 7) is 4.62. The predicted molar refractivity (Wildman–Crippen MR) is 114 cm³/mol. The number of hydrogen-bond acceptors (Lipinski definition) is 2.